The number of nitrogens with zero attached hydrogens (tertiary/aromatic N) is 1. The molecule has 1 aliphatic rings. The van der Waals surface area contributed by atoms with E-state index >= 15 is 0 Å². The van der Waals surface area contributed by atoms with Gasteiger partial charge < -0.3 is 9.84 Å². The first-order valence-electron chi connectivity index (χ1n) is 12.3. The lowest BCUT2D eigenvalue weighted by atomic mass is 9.89. The summed E-state index contributed by atoms with van der Waals surface area (Å²) in [6, 6.07) is 11.8. The van der Waals surface area contributed by atoms with E-state index in [1.807, 2.05) is 11.0 Å². The second-order valence-electron chi connectivity index (χ2n) is 9.62. The third-order valence-corrected chi connectivity index (χ3v) is 6.78. The Bertz CT molecular complexity index is 923. The van der Waals surface area contributed by atoms with Gasteiger partial charge in [0.05, 0.1) is 12.5 Å². The van der Waals surface area contributed by atoms with E-state index < -0.39 is 5.97 Å². The molecule has 3 rings (SSSR count). The lowest BCUT2D eigenvalue weighted by Crippen LogP contribution is -2.49. The molecule has 0 radical (unpaired) electrons. The van der Waals surface area contributed by atoms with Crippen LogP contribution in [0, 0.1) is 31.5 Å². The van der Waals surface area contributed by atoms with E-state index in [0.29, 0.717) is 37.9 Å². The summed E-state index contributed by atoms with van der Waals surface area (Å²) in [4.78, 5) is 12.9. The van der Waals surface area contributed by atoms with Crippen molar-refractivity contribution in [1.82, 2.24) is 4.90 Å². The lowest BCUT2D eigenvalue weighted by molar-refractivity contribution is -0.147. The second-order valence-corrected chi connectivity index (χ2v) is 9.62. The van der Waals surface area contributed by atoms with Gasteiger partial charge in [0.25, 0.3) is 0 Å². The summed E-state index contributed by atoms with van der Waals surface area (Å²) >= 11 is 0. The van der Waals surface area contributed by atoms with Crippen LogP contribution in [0.15, 0.2) is 36.4 Å². The van der Waals surface area contributed by atoms with Gasteiger partial charge in [-0.05, 0) is 73.4 Å². The molecule has 0 spiro atoms. The summed E-state index contributed by atoms with van der Waals surface area (Å²) in [6.45, 7) is 8.68. The van der Waals surface area contributed by atoms with Crippen LogP contribution in [0.25, 0.3) is 0 Å². The number of likely N-dealkylation sites (tertiary alicyclic amines) is 1. The number of hydrogen-bond donors (Lipinski definition) is 1. The molecule has 1 aliphatic heterocycles. The van der Waals surface area contributed by atoms with Gasteiger partial charge in [-0.15, -0.1) is 0 Å². The highest BCUT2D eigenvalue weighted by molar-refractivity contribution is 5.71. The van der Waals surface area contributed by atoms with Crippen LogP contribution in [0.2, 0.25) is 0 Å². The van der Waals surface area contributed by atoms with Crippen LogP contribution in [-0.2, 0) is 17.8 Å². The van der Waals surface area contributed by atoms with E-state index in [4.69, 9.17) is 9.84 Å². The van der Waals surface area contributed by atoms with Crippen LogP contribution >= 0.6 is 0 Å². The molecule has 0 aliphatic carbocycles. The maximum atomic E-state index is 14.5. The quantitative estimate of drug-likeness (QED) is 0.367. The van der Waals surface area contributed by atoms with Crippen molar-refractivity contribution in [2.45, 2.75) is 65.8 Å². The maximum Gasteiger partial charge on any atom is 0.309 e. The van der Waals surface area contributed by atoms with E-state index in [1.54, 1.807) is 6.07 Å². The largest absolute Gasteiger partial charge is 0.491 e. The fourth-order valence-corrected chi connectivity index (χ4v) is 4.53. The molecule has 0 aromatic heterocycles. The van der Waals surface area contributed by atoms with Crippen molar-refractivity contribution in [2.24, 2.45) is 11.8 Å². The SMILES string of the molecule is CCCCC(CCCOc1ccc(CN2CC(C(=O)O)C2)cc1F)Cc1ccc(C)c(C)c1. The number of carboxylic acid groups (broad SMARTS) is 1. The summed E-state index contributed by atoms with van der Waals surface area (Å²) in [5.74, 6) is -0.486. The average Bonchev–Trinajstić information content (AvgIpc) is 2.75. The molecule has 1 N–H and O–H groups in total. The highest BCUT2D eigenvalue weighted by atomic mass is 19.1. The molecule has 2 aromatic rings. The van der Waals surface area contributed by atoms with E-state index in [1.165, 1.54) is 42.0 Å². The Balaban J connectivity index is 1.44. The van der Waals surface area contributed by atoms with Gasteiger partial charge in [0.1, 0.15) is 0 Å². The molecule has 1 saturated heterocycles. The van der Waals surface area contributed by atoms with Gasteiger partial charge in [-0.2, -0.15) is 0 Å². The topological polar surface area (TPSA) is 49.8 Å². The van der Waals surface area contributed by atoms with Crippen LogP contribution in [0.1, 0.15) is 61.3 Å². The van der Waals surface area contributed by atoms with Crippen LogP contribution in [0.5, 0.6) is 5.75 Å². The first kappa shape index (κ1) is 25.2. The number of benzene rings is 2. The molecule has 5 heteroatoms. The minimum Gasteiger partial charge on any atom is -0.491 e. The number of rotatable bonds is 13. The van der Waals surface area contributed by atoms with Crippen molar-refractivity contribution < 1.29 is 19.0 Å². The Morgan fingerprint density at radius 1 is 1.09 bits per heavy atom. The molecular formula is C28H38FNO3. The first-order chi connectivity index (χ1) is 15.9. The normalized spacial score (nSPS) is 15.3. The number of carbonyl (C=O) groups is 1. The first-order valence-corrected chi connectivity index (χ1v) is 12.3. The molecular weight excluding hydrogens is 417 g/mol. The molecule has 0 amide bonds. The number of ether oxygens (including phenoxy) is 1. The summed E-state index contributed by atoms with van der Waals surface area (Å²) < 4.78 is 20.3. The Labute approximate surface area is 197 Å². The highest BCUT2D eigenvalue weighted by Gasteiger charge is 2.32. The van der Waals surface area contributed by atoms with Gasteiger partial charge in [-0.3, -0.25) is 9.69 Å². The fourth-order valence-electron chi connectivity index (χ4n) is 4.53. The van der Waals surface area contributed by atoms with Crippen LogP contribution in [0.3, 0.4) is 0 Å². The van der Waals surface area contributed by atoms with Crippen molar-refractivity contribution in [3.63, 3.8) is 0 Å². The van der Waals surface area contributed by atoms with Crippen molar-refractivity contribution in [3.8, 4) is 5.75 Å². The monoisotopic (exact) mass is 455 g/mol. The Morgan fingerprint density at radius 2 is 1.82 bits per heavy atom. The number of halogens is 1. The third-order valence-electron chi connectivity index (χ3n) is 6.78. The molecule has 4 nitrogen and oxygen atoms in total. The van der Waals surface area contributed by atoms with Gasteiger partial charge >= 0.3 is 5.97 Å². The summed E-state index contributed by atoms with van der Waals surface area (Å²) in [5, 5.41) is 8.97. The molecule has 1 atom stereocenters. The number of aryl methyl sites for hydroxylation is 2. The van der Waals surface area contributed by atoms with E-state index in [0.717, 1.165) is 24.8 Å². The van der Waals surface area contributed by atoms with Gasteiger partial charge in [0.2, 0.25) is 0 Å². The fraction of sp³-hybridized carbons (Fsp3) is 0.536. The predicted octanol–water partition coefficient (Wildman–Crippen LogP) is 6.17. The molecule has 0 saturated carbocycles. The Kier molecular flexibility index (Phi) is 9.30. The predicted molar refractivity (Wildman–Crippen MR) is 130 cm³/mol. The molecule has 0 bridgehead atoms. The summed E-state index contributed by atoms with van der Waals surface area (Å²) in [7, 11) is 0. The van der Waals surface area contributed by atoms with Crippen molar-refractivity contribution in [1.29, 1.82) is 0 Å². The number of carboxylic acids is 1. The van der Waals surface area contributed by atoms with Crippen LogP contribution < -0.4 is 4.74 Å². The van der Waals surface area contributed by atoms with Crippen LogP contribution in [0.4, 0.5) is 4.39 Å². The standard InChI is InChI=1S/C28H38FNO3/c1-4-5-7-22(15-23-10-9-20(2)21(3)14-23)8-6-13-33-27-12-11-24(16-26(27)29)17-30-18-25(19-30)28(31)32/h9-12,14,16,22,25H,4-8,13,15,17-19H2,1-3H3,(H,31,32). The Hall–Kier alpha value is -2.40. The zero-order chi connectivity index (χ0) is 23.8. The highest BCUT2D eigenvalue weighted by Crippen LogP contribution is 2.25. The molecule has 33 heavy (non-hydrogen) atoms. The third kappa shape index (κ3) is 7.56. The van der Waals surface area contributed by atoms with Crippen molar-refractivity contribution >= 4 is 5.97 Å². The minimum absolute atomic E-state index is 0.296. The van der Waals surface area contributed by atoms with Gasteiger partial charge in [0.15, 0.2) is 11.6 Å². The maximum absolute atomic E-state index is 14.5. The number of unbranched alkanes of at least 4 members (excludes halogenated alkanes) is 1. The van der Waals surface area contributed by atoms with Gasteiger partial charge in [0, 0.05) is 19.6 Å². The zero-order valence-electron chi connectivity index (χ0n) is 20.3. The molecule has 1 fully saturated rings. The zero-order valence-corrected chi connectivity index (χ0v) is 20.3. The average molecular weight is 456 g/mol. The summed E-state index contributed by atoms with van der Waals surface area (Å²) in [6.07, 6.45) is 6.72. The molecule has 1 heterocycles. The summed E-state index contributed by atoms with van der Waals surface area (Å²) in [5.41, 5.74) is 4.93. The van der Waals surface area contributed by atoms with E-state index in [9.17, 15) is 9.18 Å². The second kappa shape index (κ2) is 12.2. The lowest BCUT2D eigenvalue weighted by Gasteiger charge is -2.36. The van der Waals surface area contributed by atoms with Gasteiger partial charge in [-0.25, -0.2) is 4.39 Å². The van der Waals surface area contributed by atoms with E-state index in [2.05, 4.69) is 39.0 Å². The number of hydrogen-bond acceptors (Lipinski definition) is 3. The molecule has 2 aromatic carbocycles. The van der Waals surface area contributed by atoms with Crippen molar-refractivity contribution in [3.05, 3.63) is 64.5 Å². The van der Waals surface area contributed by atoms with E-state index in [-0.39, 0.29) is 11.7 Å². The van der Waals surface area contributed by atoms with Crippen molar-refractivity contribution in [2.75, 3.05) is 19.7 Å². The van der Waals surface area contributed by atoms with Gasteiger partial charge in [-0.1, -0.05) is 50.5 Å². The smallest absolute Gasteiger partial charge is 0.309 e. The Morgan fingerprint density at radius 3 is 2.48 bits per heavy atom. The number of aliphatic carboxylic acids is 1. The minimum atomic E-state index is -0.757. The molecule has 180 valence electrons. The molecule has 1 unspecified atom stereocenters. The van der Waals surface area contributed by atoms with Crippen LogP contribution in [-0.4, -0.2) is 35.7 Å².